The molecule has 2 aromatic heterocycles. The van der Waals surface area contributed by atoms with Gasteiger partial charge in [0.15, 0.2) is 5.65 Å². The van der Waals surface area contributed by atoms with Gasteiger partial charge in [-0.2, -0.15) is 0 Å². The maximum Gasteiger partial charge on any atom is 0.178 e. The molecule has 0 unspecified atom stereocenters. The van der Waals surface area contributed by atoms with E-state index in [0.717, 1.165) is 27.0 Å². The van der Waals surface area contributed by atoms with Crippen LogP contribution in [0.15, 0.2) is 41.0 Å². The van der Waals surface area contributed by atoms with Crippen LogP contribution in [0.5, 0.6) is 0 Å². The zero-order valence-electron chi connectivity index (χ0n) is 8.61. The summed E-state index contributed by atoms with van der Waals surface area (Å²) in [6.45, 7) is 0. The second-order valence-corrected chi connectivity index (χ2v) is 5.67. The van der Waals surface area contributed by atoms with E-state index in [1.807, 2.05) is 18.2 Å². The number of halogens is 2. The van der Waals surface area contributed by atoms with E-state index >= 15 is 0 Å². The molecule has 0 bridgehead atoms. The third-order valence-electron chi connectivity index (χ3n) is 2.43. The van der Waals surface area contributed by atoms with Crippen LogP contribution in [0.4, 0.5) is 0 Å². The molecule has 3 aromatic rings. The first-order chi connectivity index (χ1) is 8.24. The van der Waals surface area contributed by atoms with Crippen molar-refractivity contribution in [1.29, 1.82) is 0 Å². The maximum atomic E-state index is 4.49. The number of nitrogens with one attached hydrogen (secondary N) is 1. The normalized spacial score (nSPS) is 10.9. The third kappa shape index (κ3) is 2.09. The lowest BCUT2D eigenvalue weighted by Gasteiger charge is -1.98. The minimum atomic E-state index is 0.739. The Morgan fingerprint density at radius 1 is 1.24 bits per heavy atom. The lowest BCUT2D eigenvalue weighted by atomic mass is 10.2. The number of benzene rings is 1. The van der Waals surface area contributed by atoms with E-state index in [4.69, 9.17) is 0 Å². The van der Waals surface area contributed by atoms with Gasteiger partial charge in [0.1, 0.15) is 5.82 Å². The largest absolute Gasteiger partial charge is 0.337 e. The van der Waals surface area contributed by atoms with Gasteiger partial charge in [-0.3, -0.25) is 0 Å². The molecule has 0 saturated carbocycles. The van der Waals surface area contributed by atoms with Crippen LogP contribution >= 0.6 is 38.5 Å². The topological polar surface area (TPSA) is 41.6 Å². The molecule has 3 nitrogen and oxygen atoms in total. The Morgan fingerprint density at radius 2 is 2.06 bits per heavy atom. The number of pyridine rings is 1. The Kier molecular flexibility index (Phi) is 2.87. The van der Waals surface area contributed by atoms with Crippen molar-refractivity contribution in [2.45, 2.75) is 0 Å². The number of fused-ring (bicyclic) bond motifs is 1. The van der Waals surface area contributed by atoms with Crippen LogP contribution in [0, 0.1) is 3.57 Å². The number of imidazole rings is 1. The van der Waals surface area contributed by atoms with Crippen LogP contribution in [-0.2, 0) is 0 Å². The van der Waals surface area contributed by atoms with Crippen molar-refractivity contribution in [1.82, 2.24) is 15.0 Å². The highest BCUT2D eigenvalue weighted by Gasteiger charge is 2.08. The van der Waals surface area contributed by atoms with Crippen LogP contribution in [0.2, 0.25) is 0 Å². The van der Waals surface area contributed by atoms with Gasteiger partial charge in [-0.05, 0) is 50.7 Å². The van der Waals surface area contributed by atoms with Crippen LogP contribution < -0.4 is 0 Å². The Balaban J connectivity index is 2.22. The molecule has 0 saturated heterocycles. The van der Waals surface area contributed by atoms with E-state index in [9.17, 15) is 0 Å². The van der Waals surface area contributed by atoms with Gasteiger partial charge in [0, 0.05) is 19.8 Å². The Bertz CT molecular complexity index is 693. The fourth-order valence-electron chi connectivity index (χ4n) is 1.66. The molecule has 0 atom stereocenters. The first kappa shape index (κ1) is 11.2. The van der Waals surface area contributed by atoms with Gasteiger partial charge in [-0.15, -0.1) is 0 Å². The van der Waals surface area contributed by atoms with Gasteiger partial charge in [-0.1, -0.05) is 18.2 Å². The minimum Gasteiger partial charge on any atom is -0.337 e. The van der Waals surface area contributed by atoms with Crippen molar-refractivity contribution in [2.24, 2.45) is 0 Å². The second kappa shape index (κ2) is 4.38. The molecule has 0 amide bonds. The molecule has 17 heavy (non-hydrogen) atoms. The van der Waals surface area contributed by atoms with Gasteiger partial charge < -0.3 is 4.98 Å². The minimum absolute atomic E-state index is 0.739. The smallest absolute Gasteiger partial charge is 0.178 e. The summed E-state index contributed by atoms with van der Waals surface area (Å²) in [5.41, 5.74) is 2.78. The van der Waals surface area contributed by atoms with Gasteiger partial charge in [0.2, 0.25) is 0 Å². The molecular weight excluding hydrogens is 393 g/mol. The number of aromatic amines is 1. The lowest BCUT2D eigenvalue weighted by Crippen LogP contribution is -1.83. The standard InChI is InChI=1S/C12H7BrIN3/c13-7-5-10-12(15-6-7)17-11(16-10)8-3-1-2-4-9(8)14/h1-6H,(H,15,16,17). The van der Waals surface area contributed by atoms with Crippen LogP contribution in [0.3, 0.4) is 0 Å². The van der Waals surface area contributed by atoms with E-state index in [1.54, 1.807) is 6.20 Å². The zero-order valence-corrected chi connectivity index (χ0v) is 12.4. The summed E-state index contributed by atoms with van der Waals surface area (Å²) in [4.78, 5) is 12.0. The van der Waals surface area contributed by atoms with Gasteiger partial charge in [0.05, 0.1) is 5.52 Å². The second-order valence-electron chi connectivity index (χ2n) is 3.59. The van der Waals surface area contributed by atoms with Gasteiger partial charge in [0.25, 0.3) is 0 Å². The molecule has 3 rings (SSSR count). The van der Waals surface area contributed by atoms with Crippen molar-refractivity contribution >= 4 is 49.7 Å². The summed E-state index contributed by atoms with van der Waals surface area (Å²) in [5, 5.41) is 0. The average molecular weight is 400 g/mol. The molecule has 5 heteroatoms. The van der Waals surface area contributed by atoms with E-state index in [-0.39, 0.29) is 0 Å². The van der Waals surface area contributed by atoms with Crippen LogP contribution in [0.1, 0.15) is 0 Å². The molecular formula is C12H7BrIN3. The predicted molar refractivity (Wildman–Crippen MR) is 79.7 cm³/mol. The quantitative estimate of drug-likeness (QED) is 0.628. The summed E-state index contributed by atoms with van der Waals surface area (Å²) >= 11 is 5.71. The monoisotopic (exact) mass is 399 g/mol. The molecule has 1 N–H and O–H groups in total. The van der Waals surface area contributed by atoms with Crippen LogP contribution in [0.25, 0.3) is 22.6 Å². The third-order valence-corrected chi connectivity index (χ3v) is 3.81. The van der Waals surface area contributed by atoms with E-state index in [2.05, 4.69) is 65.6 Å². The molecule has 2 heterocycles. The summed E-state index contributed by atoms with van der Waals surface area (Å²) < 4.78 is 2.12. The molecule has 0 aliphatic carbocycles. The molecule has 1 aromatic carbocycles. The number of hydrogen-bond donors (Lipinski definition) is 1. The van der Waals surface area contributed by atoms with Gasteiger partial charge in [-0.25, -0.2) is 9.97 Å². The number of H-pyrrole nitrogens is 1. The van der Waals surface area contributed by atoms with Crippen molar-refractivity contribution in [2.75, 3.05) is 0 Å². The molecule has 84 valence electrons. The van der Waals surface area contributed by atoms with Crippen molar-refractivity contribution < 1.29 is 0 Å². The number of aromatic nitrogens is 3. The highest BCUT2D eigenvalue weighted by atomic mass is 127. The molecule has 0 radical (unpaired) electrons. The molecule has 0 aliphatic heterocycles. The summed E-state index contributed by atoms with van der Waals surface area (Å²) in [5.74, 6) is 0.857. The van der Waals surface area contributed by atoms with E-state index < -0.39 is 0 Å². The van der Waals surface area contributed by atoms with E-state index in [0.29, 0.717) is 0 Å². The molecule has 0 spiro atoms. The summed E-state index contributed by atoms with van der Waals surface area (Å²) in [7, 11) is 0. The average Bonchev–Trinajstić information content (AvgIpc) is 2.72. The van der Waals surface area contributed by atoms with Crippen LogP contribution in [-0.4, -0.2) is 15.0 Å². The summed E-state index contributed by atoms with van der Waals surface area (Å²) in [6, 6.07) is 10.1. The first-order valence-corrected chi connectivity index (χ1v) is 6.87. The zero-order chi connectivity index (χ0) is 11.8. The van der Waals surface area contributed by atoms with E-state index in [1.165, 1.54) is 3.57 Å². The maximum absolute atomic E-state index is 4.49. The Morgan fingerprint density at radius 3 is 2.88 bits per heavy atom. The SMILES string of the molecule is Brc1cnc2nc(-c3ccccc3I)[nH]c2c1. The first-order valence-electron chi connectivity index (χ1n) is 5.00. The predicted octanol–water partition coefficient (Wildman–Crippen LogP) is 3.99. The fourth-order valence-corrected chi connectivity index (χ4v) is 2.63. The lowest BCUT2D eigenvalue weighted by molar-refractivity contribution is 1.29. The molecule has 0 aliphatic rings. The highest BCUT2D eigenvalue weighted by Crippen LogP contribution is 2.25. The van der Waals surface area contributed by atoms with Crippen molar-refractivity contribution in [3.8, 4) is 11.4 Å². The highest BCUT2D eigenvalue weighted by molar-refractivity contribution is 14.1. The Labute approximate surface area is 120 Å². The number of nitrogens with zero attached hydrogens (tertiary/aromatic N) is 2. The Hall–Kier alpha value is -0.950. The fraction of sp³-hybridized carbons (Fsp3) is 0. The molecule has 0 fully saturated rings. The summed E-state index contributed by atoms with van der Waals surface area (Å²) in [6.07, 6.45) is 1.75. The van der Waals surface area contributed by atoms with Crippen molar-refractivity contribution in [3.63, 3.8) is 0 Å². The number of rotatable bonds is 1. The van der Waals surface area contributed by atoms with Gasteiger partial charge >= 0.3 is 0 Å². The van der Waals surface area contributed by atoms with Crippen molar-refractivity contribution in [3.05, 3.63) is 44.6 Å². The number of hydrogen-bond acceptors (Lipinski definition) is 2.